The van der Waals surface area contributed by atoms with Crippen molar-refractivity contribution in [2.24, 2.45) is 5.92 Å². The molecule has 5 heterocycles. The Kier molecular flexibility index (Phi) is 6.36. The summed E-state index contributed by atoms with van der Waals surface area (Å²) in [5.74, 6) is 2.66. The number of aromatic nitrogens is 4. The number of nitrogens with zero attached hydrogens (tertiary/aromatic N) is 4. The summed E-state index contributed by atoms with van der Waals surface area (Å²) in [6, 6.07) is 15.7. The minimum absolute atomic E-state index is 0.280. The van der Waals surface area contributed by atoms with E-state index in [0.717, 1.165) is 56.1 Å². The molecular weight excluding hydrogens is 526 g/mol. The van der Waals surface area contributed by atoms with Crippen LogP contribution in [0, 0.1) is 5.92 Å². The minimum Gasteiger partial charge on any atom is -0.496 e. The van der Waals surface area contributed by atoms with Crippen molar-refractivity contribution in [3.63, 3.8) is 0 Å². The molecule has 1 saturated heterocycles. The summed E-state index contributed by atoms with van der Waals surface area (Å²) >= 11 is 1.28. The van der Waals surface area contributed by atoms with Crippen LogP contribution in [-0.2, 0) is 6.54 Å². The highest BCUT2D eigenvalue weighted by Gasteiger charge is 2.40. The van der Waals surface area contributed by atoms with Crippen LogP contribution < -0.4 is 20.7 Å². The second kappa shape index (κ2) is 10.2. The number of aromatic amines is 1. The van der Waals surface area contributed by atoms with Crippen LogP contribution in [0.5, 0.6) is 11.5 Å². The van der Waals surface area contributed by atoms with Gasteiger partial charge in [-0.1, -0.05) is 36.4 Å². The van der Waals surface area contributed by atoms with Gasteiger partial charge in [-0.2, -0.15) is 0 Å². The van der Waals surface area contributed by atoms with E-state index in [2.05, 4.69) is 14.9 Å². The Morgan fingerprint density at radius 3 is 2.77 bits per heavy atom. The van der Waals surface area contributed by atoms with E-state index in [1.165, 1.54) is 21.5 Å². The first kappa shape index (κ1) is 25.0. The Bertz CT molecular complexity index is 1820. The Hall–Kier alpha value is -4.02. The van der Waals surface area contributed by atoms with E-state index in [9.17, 15) is 9.59 Å². The molecule has 1 fully saturated rings. The van der Waals surface area contributed by atoms with Gasteiger partial charge < -0.3 is 19.4 Å². The standard InChI is InChI=1S/C30H29N5O4S/c1-38-22-10-7-11-23-24(22)20-16-34(15-19(20)17-39-23)12-5-6-13-35-29(36)27-25(33-30(35)37)26-28(40-27)31-14-21(32-26)18-8-3-2-4-9-18/h2-4,7-11,14,19-20H,5-6,12-13,15-17H2,1H3,(H,33,37)/t19-,20+/m1/s1. The number of thiophene rings is 1. The second-order valence-corrected chi connectivity index (χ2v) is 11.5. The summed E-state index contributed by atoms with van der Waals surface area (Å²) in [5.41, 5.74) is 3.15. The van der Waals surface area contributed by atoms with E-state index in [0.29, 0.717) is 44.6 Å². The monoisotopic (exact) mass is 555 g/mol. The lowest BCUT2D eigenvalue weighted by Gasteiger charge is -2.29. The van der Waals surface area contributed by atoms with Gasteiger partial charge >= 0.3 is 5.69 Å². The third-order valence-electron chi connectivity index (χ3n) is 8.08. The Morgan fingerprint density at radius 1 is 1.07 bits per heavy atom. The van der Waals surface area contributed by atoms with Crippen molar-refractivity contribution in [1.29, 1.82) is 0 Å². The number of likely N-dealkylation sites (tertiary alicyclic amines) is 1. The van der Waals surface area contributed by atoms with Gasteiger partial charge in [0.15, 0.2) is 0 Å². The molecule has 0 radical (unpaired) electrons. The zero-order valence-electron chi connectivity index (χ0n) is 22.1. The molecule has 0 spiro atoms. The zero-order chi connectivity index (χ0) is 27.2. The molecule has 2 aromatic carbocycles. The molecule has 3 aromatic heterocycles. The van der Waals surface area contributed by atoms with Gasteiger partial charge in [-0.05, 0) is 31.5 Å². The first-order valence-corrected chi connectivity index (χ1v) is 14.4. The number of ether oxygens (including phenoxy) is 2. The van der Waals surface area contributed by atoms with Gasteiger partial charge in [-0.25, -0.2) is 14.8 Å². The van der Waals surface area contributed by atoms with E-state index in [1.54, 1.807) is 13.3 Å². The molecular formula is C30H29N5O4S. The van der Waals surface area contributed by atoms with Crippen molar-refractivity contribution < 1.29 is 9.47 Å². The number of nitrogens with one attached hydrogen (secondary N) is 1. The maximum absolute atomic E-state index is 13.3. The summed E-state index contributed by atoms with van der Waals surface area (Å²) in [6.07, 6.45) is 3.33. The average molecular weight is 556 g/mol. The van der Waals surface area contributed by atoms with Gasteiger partial charge in [-0.3, -0.25) is 9.36 Å². The highest BCUT2D eigenvalue weighted by atomic mass is 32.1. The van der Waals surface area contributed by atoms with Crippen molar-refractivity contribution in [3.8, 4) is 22.8 Å². The number of hydrogen-bond acceptors (Lipinski definition) is 8. The number of H-pyrrole nitrogens is 1. The lowest BCUT2D eigenvalue weighted by atomic mass is 9.86. The van der Waals surface area contributed by atoms with Crippen LogP contribution in [-0.4, -0.2) is 57.8 Å². The molecule has 7 rings (SSSR count). The molecule has 0 saturated carbocycles. The fourth-order valence-electron chi connectivity index (χ4n) is 6.11. The summed E-state index contributed by atoms with van der Waals surface area (Å²) in [4.78, 5) is 41.6. The summed E-state index contributed by atoms with van der Waals surface area (Å²) in [7, 11) is 1.71. The van der Waals surface area contributed by atoms with Crippen LogP contribution in [0.1, 0.15) is 24.3 Å². The topological polar surface area (TPSA) is 102 Å². The summed E-state index contributed by atoms with van der Waals surface area (Å²) in [6.45, 7) is 3.93. The zero-order valence-corrected chi connectivity index (χ0v) is 22.9. The van der Waals surface area contributed by atoms with E-state index < -0.39 is 5.69 Å². The largest absolute Gasteiger partial charge is 0.496 e. The van der Waals surface area contributed by atoms with E-state index >= 15 is 0 Å². The molecule has 0 bridgehead atoms. The molecule has 40 heavy (non-hydrogen) atoms. The molecule has 0 amide bonds. The highest BCUT2D eigenvalue weighted by molar-refractivity contribution is 7.25. The smallest absolute Gasteiger partial charge is 0.328 e. The van der Waals surface area contributed by atoms with Gasteiger partial charge in [0.1, 0.15) is 26.5 Å². The number of unbranched alkanes of at least 4 members (excludes halogenated alkanes) is 1. The molecule has 9 nitrogen and oxygen atoms in total. The third kappa shape index (κ3) is 4.28. The molecule has 2 atom stereocenters. The second-order valence-electron chi connectivity index (χ2n) is 10.5. The highest BCUT2D eigenvalue weighted by Crippen LogP contribution is 2.46. The minimum atomic E-state index is -0.405. The predicted molar refractivity (Wildman–Crippen MR) is 156 cm³/mol. The number of rotatable bonds is 7. The van der Waals surface area contributed by atoms with Gasteiger partial charge in [0.05, 0.1) is 31.1 Å². The van der Waals surface area contributed by atoms with Crippen LogP contribution in [0.15, 0.2) is 64.3 Å². The fourth-order valence-corrected chi connectivity index (χ4v) is 7.10. The summed E-state index contributed by atoms with van der Waals surface area (Å²) in [5, 5.41) is 0. The third-order valence-corrected chi connectivity index (χ3v) is 9.15. The Labute approximate surface area is 234 Å². The van der Waals surface area contributed by atoms with Gasteiger partial charge in [0, 0.05) is 42.6 Å². The lowest BCUT2D eigenvalue weighted by Crippen LogP contribution is -2.34. The van der Waals surface area contributed by atoms with Crippen molar-refractivity contribution in [2.45, 2.75) is 25.3 Å². The number of methoxy groups -OCH3 is 1. The number of benzene rings is 2. The first-order chi connectivity index (χ1) is 19.6. The fraction of sp³-hybridized carbons (Fsp3) is 0.333. The molecule has 2 aliphatic heterocycles. The maximum Gasteiger partial charge on any atom is 0.328 e. The van der Waals surface area contributed by atoms with Crippen molar-refractivity contribution in [2.75, 3.05) is 33.4 Å². The van der Waals surface area contributed by atoms with E-state index in [-0.39, 0.29) is 5.56 Å². The normalized spacial score (nSPS) is 18.5. The number of hydrogen-bond donors (Lipinski definition) is 1. The van der Waals surface area contributed by atoms with Gasteiger partial charge in [0.2, 0.25) is 0 Å². The van der Waals surface area contributed by atoms with Crippen LogP contribution in [0.3, 0.4) is 0 Å². The van der Waals surface area contributed by atoms with Crippen molar-refractivity contribution >= 4 is 31.9 Å². The van der Waals surface area contributed by atoms with Crippen molar-refractivity contribution in [1.82, 2.24) is 24.4 Å². The quantitative estimate of drug-likeness (QED) is 0.300. The SMILES string of the molecule is COc1cccc2c1[C@H]1CN(CCCCn3c(=O)[nH]c4c(sc5ncc(-c6ccccc6)nc54)c3=O)C[C@@H]1CO2. The van der Waals surface area contributed by atoms with Crippen LogP contribution in [0.2, 0.25) is 0 Å². The lowest BCUT2D eigenvalue weighted by molar-refractivity contribution is 0.209. The molecule has 2 aliphatic rings. The van der Waals surface area contributed by atoms with E-state index in [4.69, 9.17) is 14.5 Å². The molecule has 0 unspecified atom stereocenters. The molecule has 5 aromatic rings. The summed E-state index contributed by atoms with van der Waals surface area (Å²) < 4.78 is 13.5. The van der Waals surface area contributed by atoms with Crippen LogP contribution in [0.25, 0.3) is 31.8 Å². The van der Waals surface area contributed by atoms with Gasteiger partial charge in [-0.15, -0.1) is 11.3 Å². The molecule has 1 N–H and O–H groups in total. The van der Waals surface area contributed by atoms with Gasteiger partial charge in [0.25, 0.3) is 5.56 Å². The van der Waals surface area contributed by atoms with Crippen molar-refractivity contribution in [3.05, 3.63) is 81.1 Å². The first-order valence-electron chi connectivity index (χ1n) is 13.6. The van der Waals surface area contributed by atoms with E-state index in [1.807, 2.05) is 48.5 Å². The molecule has 10 heteroatoms. The molecule has 0 aliphatic carbocycles. The Morgan fingerprint density at radius 2 is 1.93 bits per heavy atom. The number of fused-ring (bicyclic) bond motifs is 6. The van der Waals surface area contributed by atoms with Crippen LogP contribution >= 0.6 is 11.3 Å². The average Bonchev–Trinajstić information content (AvgIpc) is 3.58. The predicted octanol–water partition coefficient (Wildman–Crippen LogP) is 4.26. The van der Waals surface area contributed by atoms with Crippen LogP contribution in [0.4, 0.5) is 0 Å². The maximum atomic E-state index is 13.3. The molecule has 204 valence electrons. The Balaban J connectivity index is 1.05.